The smallest absolute Gasteiger partial charge is 0.378 e. The number of hydrogen-bond donors (Lipinski definition) is 1. The van der Waals surface area contributed by atoms with E-state index in [-0.39, 0.29) is 6.03 Å². The quantitative estimate of drug-likeness (QED) is 0.615. The molecule has 1 saturated heterocycles. The largest absolute Gasteiger partial charge is 0.416 e. The molecule has 0 saturated carbocycles. The number of halogens is 3. The third-order valence-corrected chi connectivity index (χ3v) is 5.53. The third kappa shape index (κ3) is 4.01. The number of aryl methyl sites for hydroxylation is 1. The Hall–Kier alpha value is -3.51. The minimum atomic E-state index is -4.47. The van der Waals surface area contributed by atoms with Gasteiger partial charge in [-0.25, -0.2) is 4.79 Å². The highest BCUT2D eigenvalue weighted by molar-refractivity contribution is 5.95. The lowest BCUT2D eigenvalue weighted by atomic mass is 10.0. The molecule has 0 radical (unpaired) electrons. The van der Waals surface area contributed by atoms with Crippen molar-refractivity contribution in [1.29, 1.82) is 5.26 Å². The first-order valence-electron chi connectivity index (χ1n) is 10.2. The summed E-state index contributed by atoms with van der Waals surface area (Å²) in [6.45, 7) is 4.26. The topological polar surface area (TPSA) is 70.3 Å². The third-order valence-electron chi connectivity index (χ3n) is 5.53. The molecule has 0 aliphatic carbocycles. The number of nitrogens with one attached hydrogen (secondary N) is 1. The fourth-order valence-corrected chi connectivity index (χ4v) is 3.95. The molecule has 2 amide bonds. The molecule has 0 unspecified atom stereocenters. The zero-order chi connectivity index (χ0) is 22.9. The van der Waals surface area contributed by atoms with Crippen LogP contribution in [0.25, 0.3) is 22.2 Å². The van der Waals surface area contributed by atoms with Crippen LogP contribution < -0.4 is 5.32 Å². The van der Waals surface area contributed by atoms with Crippen LogP contribution in [0.1, 0.15) is 18.1 Å². The van der Waals surface area contributed by atoms with Gasteiger partial charge in [0.1, 0.15) is 6.07 Å². The van der Waals surface area contributed by atoms with Crippen molar-refractivity contribution in [1.82, 2.24) is 9.47 Å². The molecule has 2 aromatic carbocycles. The van der Waals surface area contributed by atoms with E-state index < -0.39 is 11.7 Å². The van der Waals surface area contributed by atoms with E-state index in [9.17, 15) is 23.2 Å². The standard InChI is InChI=1S/C23H21F3N4O2/c1-2-30-20-13-16(23(24,25)26)5-8-18(20)19(14-27)21(30)15-3-6-17(7-4-15)28-22(31)29-9-11-32-12-10-29/h3-8,13H,2,9-12H2,1H3,(H,28,31). The van der Waals surface area contributed by atoms with Crippen molar-refractivity contribution in [2.24, 2.45) is 0 Å². The molecule has 1 aliphatic rings. The van der Waals surface area contributed by atoms with Gasteiger partial charge in [0.05, 0.1) is 35.6 Å². The fourth-order valence-electron chi connectivity index (χ4n) is 3.95. The number of hydrogen-bond acceptors (Lipinski definition) is 3. The maximum Gasteiger partial charge on any atom is 0.416 e. The number of rotatable bonds is 3. The minimum Gasteiger partial charge on any atom is -0.378 e. The van der Waals surface area contributed by atoms with E-state index in [2.05, 4.69) is 11.4 Å². The number of nitrogens with zero attached hydrogens (tertiary/aromatic N) is 3. The van der Waals surface area contributed by atoms with E-state index in [0.29, 0.717) is 66.3 Å². The van der Waals surface area contributed by atoms with Crippen LogP contribution in [-0.4, -0.2) is 41.8 Å². The van der Waals surface area contributed by atoms with Crippen molar-refractivity contribution in [3.05, 3.63) is 53.6 Å². The Bertz CT molecular complexity index is 1190. The number of amides is 2. The number of urea groups is 1. The molecule has 0 spiro atoms. The Morgan fingerprint density at radius 2 is 1.84 bits per heavy atom. The molecule has 4 rings (SSSR count). The molecule has 0 bridgehead atoms. The number of alkyl halides is 3. The highest BCUT2D eigenvalue weighted by Crippen LogP contribution is 2.37. The second-order valence-electron chi connectivity index (χ2n) is 7.42. The SMILES string of the molecule is CCn1c(-c2ccc(NC(=O)N3CCOCC3)cc2)c(C#N)c2ccc(C(F)(F)F)cc21. The number of morpholine rings is 1. The van der Waals surface area contributed by atoms with Gasteiger partial charge in [-0.1, -0.05) is 18.2 Å². The number of benzene rings is 2. The van der Waals surface area contributed by atoms with Gasteiger partial charge in [0, 0.05) is 30.7 Å². The van der Waals surface area contributed by atoms with Gasteiger partial charge in [-0.05, 0) is 36.8 Å². The maximum absolute atomic E-state index is 13.2. The van der Waals surface area contributed by atoms with E-state index in [1.165, 1.54) is 6.07 Å². The van der Waals surface area contributed by atoms with Crippen LogP contribution in [0.2, 0.25) is 0 Å². The Kier molecular flexibility index (Phi) is 5.80. The van der Waals surface area contributed by atoms with Gasteiger partial charge in [0.25, 0.3) is 0 Å². The lowest BCUT2D eigenvalue weighted by molar-refractivity contribution is -0.137. The van der Waals surface area contributed by atoms with Gasteiger partial charge in [0.2, 0.25) is 0 Å². The van der Waals surface area contributed by atoms with Crippen LogP contribution in [0.4, 0.5) is 23.7 Å². The highest BCUT2D eigenvalue weighted by atomic mass is 19.4. The van der Waals surface area contributed by atoms with Crippen molar-refractivity contribution in [3.8, 4) is 17.3 Å². The van der Waals surface area contributed by atoms with E-state index in [4.69, 9.17) is 4.74 Å². The zero-order valence-electron chi connectivity index (χ0n) is 17.4. The summed E-state index contributed by atoms with van der Waals surface area (Å²) < 4.78 is 46.6. The monoisotopic (exact) mass is 442 g/mol. The Balaban J connectivity index is 1.69. The molecule has 1 N–H and O–H groups in total. The molecular weight excluding hydrogens is 421 g/mol. The first-order chi connectivity index (χ1) is 15.3. The molecule has 1 aromatic heterocycles. The first kappa shape index (κ1) is 21.7. The van der Waals surface area contributed by atoms with Gasteiger partial charge in [0.15, 0.2) is 0 Å². The van der Waals surface area contributed by atoms with Crippen molar-refractivity contribution in [2.75, 3.05) is 31.6 Å². The average molecular weight is 442 g/mol. The average Bonchev–Trinajstić information content (AvgIpc) is 3.12. The number of carbonyl (C=O) groups is 1. The van der Waals surface area contributed by atoms with E-state index in [0.717, 1.165) is 12.1 Å². The molecule has 3 aromatic rings. The summed E-state index contributed by atoms with van der Waals surface area (Å²) >= 11 is 0. The minimum absolute atomic E-state index is 0.221. The van der Waals surface area contributed by atoms with Gasteiger partial charge in [-0.2, -0.15) is 18.4 Å². The summed E-state index contributed by atoms with van der Waals surface area (Å²) in [5, 5.41) is 13.1. The molecular formula is C23H21F3N4O2. The fraction of sp³-hybridized carbons (Fsp3) is 0.304. The van der Waals surface area contributed by atoms with E-state index in [1.807, 2.05) is 6.92 Å². The second-order valence-corrected chi connectivity index (χ2v) is 7.42. The van der Waals surface area contributed by atoms with Gasteiger partial charge < -0.3 is 19.5 Å². The first-order valence-corrected chi connectivity index (χ1v) is 10.2. The highest BCUT2D eigenvalue weighted by Gasteiger charge is 2.31. The maximum atomic E-state index is 13.2. The van der Waals surface area contributed by atoms with Crippen LogP contribution >= 0.6 is 0 Å². The predicted molar refractivity (Wildman–Crippen MR) is 114 cm³/mol. The lowest BCUT2D eigenvalue weighted by Crippen LogP contribution is -2.43. The number of fused-ring (bicyclic) bond motifs is 1. The summed E-state index contributed by atoms with van der Waals surface area (Å²) in [6.07, 6.45) is -4.47. The van der Waals surface area contributed by atoms with Crippen LogP contribution in [0, 0.1) is 11.3 Å². The summed E-state index contributed by atoms with van der Waals surface area (Å²) in [4.78, 5) is 14.0. The summed E-state index contributed by atoms with van der Waals surface area (Å²) in [7, 11) is 0. The molecule has 9 heteroatoms. The molecule has 1 aliphatic heterocycles. The number of ether oxygens (including phenoxy) is 1. The van der Waals surface area contributed by atoms with Gasteiger partial charge in [-0.3, -0.25) is 0 Å². The Morgan fingerprint density at radius 1 is 1.16 bits per heavy atom. The molecule has 32 heavy (non-hydrogen) atoms. The summed E-state index contributed by atoms with van der Waals surface area (Å²) in [5.41, 5.74) is 1.74. The molecule has 6 nitrogen and oxygen atoms in total. The van der Waals surface area contributed by atoms with Crippen LogP contribution in [0.5, 0.6) is 0 Å². The molecule has 0 atom stereocenters. The summed E-state index contributed by atoms with van der Waals surface area (Å²) in [5.74, 6) is 0. The van der Waals surface area contributed by atoms with Crippen LogP contribution in [0.15, 0.2) is 42.5 Å². The van der Waals surface area contributed by atoms with Crippen LogP contribution in [0.3, 0.4) is 0 Å². The normalized spacial score (nSPS) is 14.4. The second kappa shape index (κ2) is 8.55. The van der Waals surface area contributed by atoms with Crippen molar-refractivity contribution in [3.63, 3.8) is 0 Å². The van der Waals surface area contributed by atoms with Crippen molar-refractivity contribution in [2.45, 2.75) is 19.6 Å². The van der Waals surface area contributed by atoms with Crippen molar-refractivity contribution < 1.29 is 22.7 Å². The molecule has 1 fully saturated rings. The molecule has 2 heterocycles. The Morgan fingerprint density at radius 3 is 2.44 bits per heavy atom. The Labute approximate surface area is 182 Å². The van der Waals surface area contributed by atoms with E-state index >= 15 is 0 Å². The van der Waals surface area contributed by atoms with Crippen LogP contribution in [-0.2, 0) is 17.5 Å². The van der Waals surface area contributed by atoms with Crippen molar-refractivity contribution >= 4 is 22.6 Å². The zero-order valence-corrected chi connectivity index (χ0v) is 17.4. The number of carbonyl (C=O) groups excluding carboxylic acids is 1. The summed E-state index contributed by atoms with van der Waals surface area (Å²) in [6, 6.07) is 12.3. The van der Waals surface area contributed by atoms with Gasteiger partial charge in [-0.15, -0.1) is 0 Å². The predicted octanol–water partition coefficient (Wildman–Crippen LogP) is 5.08. The van der Waals surface area contributed by atoms with Gasteiger partial charge >= 0.3 is 12.2 Å². The lowest BCUT2D eigenvalue weighted by Gasteiger charge is -2.26. The number of nitriles is 1. The van der Waals surface area contributed by atoms with E-state index in [1.54, 1.807) is 33.7 Å². The number of aromatic nitrogens is 1. The molecule has 166 valence electrons. The number of anilines is 1.